The Balaban J connectivity index is 1.54. The van der Waals surface area contributed by atoms with Crippen molar-refractivity contribution in [3.63, 3.8) is 0 Å². The lowest BCUT2D eigenvalue weighted by molar-refractivity contribution is 0.0948. The minimum Gasteiger partial charge on any atom is -0.298 e. The highest BCUT2D eigenvalue weighted by molar-refractivity contribution is 5.91. The number of nitrogens with one attached hydrogen (secondary N) is 1. The van der Waals surface area contributed by atoms with Crippen LogP contribution in [-0.2, 0) is 6.54 Å². The van der Waals surface area contributed by atoms with E-state index in [0.717, 1.165) is 25.0 Å². The molecule has 1 saturated heterocycles. The predicted octanol–water partition coefficient (Wildman–Crippen LogP) is 0.146. The average Bonchev–Trinajstić information content (AvgIpc) is 3.11. The number of hydrogen-bond acceptors (Lipinski definition) is 5. The molecule has 2 heterocycles. The number of hydrazine groups is 1. The molecule has 2 fully saturated rings. The molecule has 0 radical (unpaired) electrons. The van der Waals surface area contributed by atoms with E-state index in [1.54, 1.807) is 10.9 Å². The number of carbonyl (C=O) groups excluding carboxylic acids is 1. The van der Waals surface area contributed by atoms with Crippen LogP contribution in [0.4, 0.5) is 0 Å². The molecule has 1 aromatic heterocycles. The standard InChI is InChI=1S/C13H22N6O/c14-15-13(20)11-9-19(17-16-11)8-7-18-6-5-10-3-1-2-4-12(10)18/h9-10,12H,1-8,14H2,(H,15,20). The first kappa shape index (κ1) is 13.5. The molecule has 1 aliphatic carbocycles. The summed E-state index contributed by atoms with van der Waals surface area (Å²) in [5.41, 5.74) is 2.33. The van der Waals surface area contributed by atoms with Gasteiger partial charge in [-0.25, -0.2) is 5.84 Å². The lowest BCUT2D eigenvalue weighted by Crippen LogP contribution is -2.36. The molecule has 1 saturated carbocycles. The van der Waals surface area contributed by atoms with Gasteiger partial charge in [0.1, 0.15) is 0 Å². The molecule has 7 heteroatoms. The van der Waals surface area contributed by atoms with Gasteiger partial charge in [0.05, 0.1) is 12.7 Å². The Hall–Kier alpha value is -1.47. The number of fused-ring (bicyclic) bond motifs is 1. The number of amides is 1. The molecule has 1 aliphatic heterocycles. The van der Waals surface area contributed by atoms with Gasteiger partial charge in [-0.2, -0.15) is 0 Å². The fraction of sp³-hybridized carbons (Fsp3) is 0.769. The van der Waals surface area contributed by atoms with E-state index in [1.165, 1.54) is 38.6 Å². The molecule has 3 rings (SSSR count). The van der Waals surface area contributed by atoms with E-state index >= 15 is 0 Å². The van der Waals surface area contributed by atoms with Crippen molar-refractivity contribution in [2.24, 2.45) is 11.8 Å². The van der Waals surface area contributed by atoms with Gasteiger partial charge in [-0.3, -0.25) is 19.8 Å². The maximum Gasteiger partial charge on any atom is 0.287 e. The fourth-order valence-corrected chi connectivity index (χ4v) is 3.60. The summed E-state index contributed by atoms with van der Waals surface area (Å²) in [6.07, 6.45) is 8.48. The van der Waals surface area contributed by atoms with E-state index in [4.69, 9.17) is 5.84 Å². The van der Waals surface area contributed by atoms with Gasteiger partial charge < -0.3 is 0 Å². The van der Waals surface area contributed by atoms with Crippen molar-refractivity contribution < 1.29 is 4.79 Å². The highest BCUT2D eigenvalue weighted by Crippen LogP contribution is 2.35. The van der Waals surface area contributed by atoms with Crippen LogP contribution in [0.2, 0.25) is 0 Å². The first-order valence-corrected chi connectivity index (χ1v) is 7.43. The normalized spacial score (nSPS) is 26.4. The lowest BCUT2D eigenvalue weighted by Gasteiger charge is -2.31. The monoisotopic (exact) mass is 278 g/mol. The average molecular weight is 278 g/mol. The van der Waals surface area contributed by atoms with Gasteiger partial charge in [-0.05, 0) is 31.7 Å². The molecule has 2 aliphatic rings. The second-order valence-electron chi connectivity index (χ2n) is 5.78. The van der Waals surface area contributed by atoms with Crippen molar-refractivity contribution in [3.05, 3.63) is 11.9 Å². The van der Waals surface area contributed by atoms with Gasteiger partial charge in [0.25, 0.3) is 5.91 Å². The van der Waals surface area contributed by atoms with Crippen LogP contribution in [-0.4, -0.2) is 44.9 Å². The largest absolute Gasteiger partial charge is 0.298 e. The summed E-state index contributed by atoms with van der Waals surface area (Å²) in [4.78, 5) is 13.9. The lowest BCUT2D eigenvalue weighted by atomic mass is 9.85. The first-order chi connectivity index (χ1) is 9.78. The molecule has 1 amide bonds. The molecule has 0 aromatic carbocycles. The molecular weight excluding hydrogens is 256 g/mol. The van der Waals surface area contributed by atoms with Gasteiger partial charge in [-0.15, -0.1) is 5.10 Å². The van der Waals surface area contributed by atoms with Crippen molar-refractivity contribution in [1.29, 1.82) is 0 Å². The summed E-state index contributed by atoms with van der Waals surface area (Å²) in [5.74, 6) is 5.58. The van der Waals surface area contributed by atoms with Gasteiger partial charge in [0.15, 0.2) is 5.69 Å². The Morgan fingerprint density at radius 3 is 3.05 bits per heavy atom. The second-order valence-corrected chi connectivity index (χ2v) is 5.78. The SMILES string of the molecule is NNC(=O)c1cn(CCN2CCC3CCCCC32)nn1. The zero-order chi connectivity index (χ0) is 13.9. The summed E-state index contributed by atoms with van der Waals surface area (Å²) < 4.78 is 1.72. The first-order valence-electron chi connectivity index (χ1n) is 7.43. The number of rotatable bonds is 4. The smallest absolute Gasteiger partial charge is 0.287 e. The number of nitrogens with two attached hydrogens (primary N) is 1. The van der Waals surface area contributed by atoms with E-state index in [-0.39, 0.29) is 5.69 Å². The summed E-state index contributed by atoms with van der Waals surface area (Å²) in [5, 5.41) is 7.79. The maximum absolute atomic E-state index is 11.3. The number of nitrogens with zero attached hydrogens (tertiary/aromatic N) is 4. The molecule has 20 heavy (non-hydrogen) atoms. The van der Waals surface area contributed by atoms with Crippen LogP contribution in [0.1, 0.15) is 42.6 Å². The summed E-state index contributed by atoms with van der Waals surface area (Å²) in [7, 11) is 0. The summed E-state index contributed by atoms with van der Waals surface area (Å²) in [6.45, 7) is 2.95. The van der Waals surface area contributed by atoms with E-state index < -0.39 is 5.91 Å². The number of aromatic nitrogens is 3. The van der Waals surface area contributed by atoms with E-state index in [0.29, 0.717) is 0 Å². The van der Waals surface area contributed by atoms with Crippen molar-refractivity contribution in [2.75, 3.05) is 13.1 Å². The molecule has 2 atom stereocenters. The van der Waals surface area contributed by atoms with Crippen molar-refractivity contribution in [1.82, 2.24) is 25.3 Å². The van der Waals surface area contributed by atoms with Crippen LogP contribution < -0.4 is 11.3 Å². The van der Waals surface area contributed by atoms with Crippen LogP contribution >= 0.6 is 0 Å². The highest BCUT2D eigenvalue weighted by Gasteiger charge is 2.35. The Morgan fingerprint density at radius 2 is 2.20 bits per heavy atom. The molecule has 0 bridgehead atoms. The van der Waals surface area contributed by atoms with E-state index in [2.05, 4.69) is 20.6 Å². The third-order valence-electron chi connectivity index (χ3n) is 4.64. The Kier molecular flexibility index (Phi) is 3.98. The zero-order valence-electron chi connectivity index (χ0n) is 11.7. The molecule has 0 spiro atoms. The topological polar surface area (TPSA) is 89.1 Å². The van der Waals surface area contributed by atoms with Crippen LogP contribution in [0.3, 0.4) is 0 Å². The minimum absolute atomic E-state index is 0.268. The van der Waals surface area contributed by atoms with Crippen LogP contribution in [0.15, 0.2) is 6.20 Å². The Labute approximate surface area is 118 Å². The number of carbonyl (C=O) groups is 1. The molecule has 110 valence electrons. The fourth-order valence-electron chi connectivity index (χ4n) is 3.60. The predicted molar refractivity (Wildman–Crippen MR) is 73.6 cm³/mol. The molecular formula is C13H22N6O. The third kappa shape index (κ3) is 2.69. The molecule has 2 unspecified atom stereocenters. The van der Waals surface area contributed by atoms with Gasteiger partial charge in [0, 0.05) is 12.6 Å². The minimum atomic E-state index is -0.398. The van der Waals surface area contributed by atoms with Gasteiger partial charge in [-0.1, -0.05) is 18.1 Å². The summed E-state index contributed by atoms with van der Waals surface area (Å²) >= 11 is 0. The van der Waals surface area contributed by atoms with E-state index in [1.807, 2.05) is 0 Å². The highest BCUT2D eigenvalue weighted by atomic mass is 16.2. The van der Waals surface area contributed by atoms with Crippen molar-refractivity contribution in [2.45, 2.75) is 44.7 Å². The van der Waals surface area contributed by atoms with Crippen LogP contribution in [0, 0.1) is 5.92 Å². The van der Waals surface area contributed by atoms with E-state index in [9.17, 15) is 4.79 Å². The zero-order valence-corrected chi connectivity index (χ0v) is 11.7. The van der Waals surface area contributed by atoms with Crippen LogP contribution in [0.5, 0.6) is 0 Å². The third-order valence-corrected chi connectivity index (χ3v) is 4.64. The molecule has 3 N–H and O–H groups in total. The second kappa shape index (κ2) is 5.88. The maximum atomic E-state index is 11.3. The number of likely N-dealkylation sites (tertiary alicyclic amines) is 1. The number of nitrogen functional groups attached to an aromatic ring is 1. The van der Waals surface area contributed by atoms with Gasteiger partial charge >= 0.3 is 0 Å². The van der Waals surface area contributed by atoms with Crippen molar-refractivity contribution >= 4 is 5.91 Å². The number of hydrogen-bond donors (Lipinski definition) is 2. The molecule has 7 nitrogen and oxygen atoms in total. The Bertz CT molecular complexity index is 473. The molecule has 1 aromatic rings. The quantitative estimate of drug-likeness (QED) is 0.465. The van der Waals surface area contributed by atoms with Crippen LogP contribution in [0.25, 0.3) is 0 Å². The Morgan fingerprint density at radius 1 is 1.35 bits per heavy atom. The van der Waals surface area contributed by atoms with Crippen molar-refractivity contribution in [3.8, 4) is 0 Å². The van der Waals surface area contributed by atoms with Gasteiger partial charge in [0.2, 0.25) is 0 Å². The summed E-state index contributed by atoms with van der Waals surface area (Å²) in [6, 6.07) is 0.763.